The lowest BCUT2D eigenvalue weighted by atomic mass is 9.77. The Balaban J connectivity index is 1.27. The zero-order valence-electron chi connectivity index (χ0n) is 25.6. The Morgan fingerprint density at radius 3 is 2.49 bits per heavy atom. The zero-order chi connectivity index (χ0) is 29.9. The van der Waals surface area contributed by atoms with Crippen LogP contribution in [0.1, 0.15) is 79.8 Å². The van der Waals surface area contributed by atoms with Gasteiger partial charge < -0.3 is 20.4 Å². The second-order valence-electron chi connectivity index (χ2n) is 12.7. The van der Waals surface area contributed by atoms with Crippen LogP contribution in [0.25, 0.3) is 0 Å². The van der Waals surface area contributed by atoms with Gasteiger partial charge in [0, 0.05) is 48.7 Å². The number of piperidine rings is 1. The van der Waals surface area contributed by atoms with E-state index in [0.717, 1.165) is 37.3 Å². The SMILES string of the molecule is CCc1ccc(NC(=O)C2CCCN(C(=O)c3c(C)cccc3F)C2[C@@H]2C=CC(NC3CCC3)=CC2)cc1N1CCCC1. The molecule has 0 aromatic heterocycles. The van der Waals surface area contributed by atoms with Gasteiger partial charge in [-0.05, 0) is 100 Å². The minimum atomic E-state index is -0.508. The van der Waals surface area contributed by atoms with Crippen molar-refractivity contribution in [2.24, 2.45) is 11.8 Å². The van der Waals surface area contributed by atoms with Crippen LogP contribution in [0.15, 0.2) is 60.3 Å². The molecular formula is C36H45FN4O2. The van der Waals surface area contributed by atoms with Crippen molar-refractivity contribution in [3.63, 3.8) is 0 Å². The summed E-state index contributed by atoms with van der Waals surface area (Å²) >= 11 is 0. The predicted octanol–water partition coefficient (Wildman–Crippen LogP) is 6.76. The summed E-state index contributed by atoms with van der Waals surface area (Å²) < 4.78 is 15.0. The molecule has 2 aromatic carbocycles. The first-order chi connectivity index (χ1) is 20.9. The molecule has 6 nitrogen and oxygen atoms in total. The Morgan fingerprint density at radius 2 is 1.81 bits per heavy atom. The number of hydrogen-bond donors (Lipinski definition) is 2. The van der Waals surface area contributed by atoms with Crippen molar-refractivity contribution in [2.75, 3.05) is 29.9 Å². The van der Waals surface area contributed by atoms with Gasteiger partial charge in [-0.2, -0.15) is 0 Å². The van der Waals surface area contributed by atoms with Gasteiger partial charge in [-0.25, -0.2) is 4.39 Å². The number of halogens is 1. The quantitative estimate of drug-likeness (QED) is 0.360. The molecule has 2 aliphatic carbocycles. The number of anilines is 2. The number of aryl methyl sites for hydroxylation is 2. The van der Waals surface area contributed by atoms with Crippen molar-refractivity contribution in [1.29, 1.82) is 0 Å². The topological polar surface area (TPSA) is 64.7 Å². The number of nitrogens with zero attached hydrogens (tertiary/aromatic N) is 2. The number of benzene rings is 2. The van der Waals surface area contributed by atoms with Crippen molar-refractivity contribution in [3.8, 4) is 0 Å². The van der Waals surface area contributed by atoms with Gasteiger partial charge in [0.2, 0.25) is 5.91 Å². The molecule has 3 atom stereocenters. The molecule has 2 N–H and O–H groups in total. The molecule has 2 heterocycles. The molecule has 2 unspecified atom stereocenters. The molecule has 0 spiro atoms. The van der Waals surface area contributed by atoms with Crippen LogP contribution >= 0.6 is 0 Å². The van der Waals surface area contributed by atoms with Gasteiger partial charge in [0.05, 0.1) is 17.5 Å². The molecule has 228 valence electrons. The van der Waals surface area contributed by atoms with E-state index in [1.54, 1.807) is 24.0 Å². The molecule has 3 fully saturated rings. The molecule has 1 saturated carbocycles. The molecule has 0 bridgehead atoms. The summed E-state index contributed by atoms with van der Waals surface area (Å²) in [4.78, 5) is 32.4. The van der Waals surface area contributed by atoms with Crippen LogP contribution in [-0.2, 0) is 11.2 Å². The zero-order valence-corrected chi connectivity index (χ0v) is 25.6. The largest absolute Gasteiger partial charge is 0.383 e. The number of carbonyl (C=O) groups is 2. The molecule has 2 saturated heterocycles. The van der Waals surface area contributed by atoms with E-state index in [2.05, 4.69) is 52.8 Å². The van der Waals surface area contributed by atoms with E-state index in [0.29, 0.717) is 31.0 Å². The average molecular weight is 585 g/mol. The molecule has 2 amide bonds. The van der Waals surface area contributed by atoms with Crippen molar-refractivity contribution in [3.05, 3.63) is 82.8 Å². The smallest absolute Gasteiger partial charge is 0.257 e. The van der Waals surface area contributed by atoms with E-state index < -0.39 is 11.7 Å². The van der Waals surface area contributed by atoms with Gasteiger partial charge in [-0.3, -0.25) is 9.59 Å². The summed E-state index contributed by atoms with van der Waals surface area (Å²) in [5, 5.41) is 6.86. The lowest BCUT2D eigenvalue weighted by Gasteiger charge is -2.44. The maximum atomic E-state index is 15.0. The average Bonchev–Trinajstić information content (AvgIpc) is 3.54. The van der Waals surface area contributed by atoms with Gasteiger partial charge in [-0.15, -0.1) is 0 Å². The third-order valence-corrected chi connectivity index (χ3v) is 9.95. The van der Waals surface area contributed by atoms with Gasteiger partial charge in [0.25, 0.3) is 5.91 Å². The van der Waals surface area contributed by atoms with Crippen LogP contribution in [0.5, 0.6) is 0 Å². The highest BCUT2D eigenvalue weighted by atomic mass is 19.1. The first-order valence-electron chi connectivity index (χ1n) is 16.3. The fourth-order valence-corrected chi connectivity index (χ4v) is 7.33. The van der Waals surface area contributed by atoms with Crippen molar-refractivity contribution < 1.29 is 14.0 Å². The summed E-state index contributed by atoms with van der Waals surface area (Å²) in [6.45, 7) is 6.54. The second-order valence-corrected chi connectivity index (χ2v) is 12.7. The number of allylic oxidation sites excluding steroid dienone is 2. The van der Waals surface area contributed by atoms with Crippen LogP contribution in [-0.4, -0.2) is 48.4 Å². The molecule has 4 aliphatic rings. The Bertz CT molecular complexity index is 1390. The Morgan fingerprint density at radius 1 is 1.00 bits per heavy atom. The maximum absolute atomic E-state index is 15.0. The molecule has 6 rings (SSSR count). The van der Waals surface area contributed by atoms with Gasteiger partial charge in [0.1, 0.15) is 5.82 Å². The minimum absolute atomic E-state index is 0.0401. The summed E-state index contributed by atoms with van der Waals surface area (Å²) in [6.07, 6.45) is 15.6. The summed E-state index contributed by atoms with van der Waals surface area (Å²) in [6, 6.07) is 11.2. The Labute approximate surface area is 255 Å². The Hall–Kier alpha value is -3.61. The number of likely N-dealkylation sites (tertiary alicyclic amines) is 1. The van der Waals surface area contributed by atoms with Crippen LogP contribution in [0.3, 0.4) is 0 Å². The van der Waals surface area contributed by atoms with Crippen molar-refractivity contribution in [2.45, 2.75) is 83.7 Å². The second kappa shape index (κ2) is 12.9. The maximum Gasteiger partial charge on any atom is 0.257 e. The van der Waals surface area contributed by atoms with E-state index in [4.69, 9.17) is 0 Å². The number of carbonyl (C=O) groups excluding carboxylic acids is 2. The predicted molar refractivity (Wildman–Crippen MR) is 171 cm³/mol. The highest BCUT2D eigenvalue weighted by molar-refractivity contribution is 5.98. The minimum Gasteiger partial charge on any atom is -0.383 e. The molecule has 2 aliphatic heterocycles. The van der Waals surface area contributed by atoms with Crippen LogP contribution < -0.4 is 15.5 Å². The van der Waals surface area contributed by atoms with Gasteiger partial charge >= 0.3 is 0 Å². The van der Waals surface area contributed by atoms with Crippen LogP contribution in [0.2, 0.25) is 0 Å². The third kappa shape index (κ3) is 6.22. The van der Waals surface area contributed by atoms with E-state index >= 15 is 4.39 Å². The van der Waals surface area contributed by atoms with Gasteiger partial charge in [0.15, 0.2) is 0 Å². The van der Waals surface area contributed by atoms with Crippen molar-refractivity contribution in [1.82, 2.24) is 10.2 Å². The number of amides is 2. The summed E-state index contributed by atoms with van der Waals surface area (Å²) in [7, 11) is 0. The molecule has 2 aromatic rings. The molecule has 43 heavy (non-hydrogen) atoms. The van der Waals surface area contributed by atoms with Crippen LogP contribution in [0, 0.1) is 24.6 Å². The number of hydrogen-bond acceptors (Lipinski definition) is 4. The summed E-state index contributed by atoms with van der Waals surface area (Å²) in [5.41, 5.74) is 5.14. The lowest BCUT2D eigenvalue weighted by Crippen LogP contribution is -2.55. The molecule has 0 radical (unpaired) electrons. The summed E-state index contributed by atoms with van der Waals surface area (Å²) in [5.74, 6) is -1.35. The lowest BCUT2D eigenvalue weighted by molar-refractivity contribution is -0.123. The van der Waals surface area contributed by atoms with E-state index in [1.165, 1.54) is 49.4 Å². The van der Waals surface area contributed by atoms with E-state index in [1.807, 2.05) is 6.07 Å². The Kier molecular flexibility index (Phi) is 8.87. The molecule has 7 heteroatoms. The normalized spacial score (nSPS) is 24.0. The highest BCUT2D eigenvalue weighted by Gasteiger charge is 2.43. The molecular weight excluding hydrogens is 539 g/mol. The van der Waals surface area contributed by atoms with E-state index in [-0.39, 0.29) is 29.3 Å². The third-order valence-electron chi connectivity index (χ3n) is 9.95. The fraction of sp³-hybridized carbons (Fsp3) is 0.500. The standard InChI is InChI=1S/C36H45FN4O2/c1-3-25-14-19-29(23-32(25)40-20-4-5-21-40)39-35(42)30-12-8-22-41(36(43)33-24(2)9-6-13-31(33)37)34(30)26-15-17-28(18-16-26)38-27-10-7-11-27/h6,9,13-15,17-19,23,26-27,30,34,38H,3-5,7-8,10-12,16,20-22H2,1-2H3,(H,39,42)/t26-,30?,34?/m1/s1. The highest BCUT2D eigenvalue weighted by Crippen LogP contribution is 2.37. The first kappa shape index (κ1) is 29.5. The van der Waals surface area contributed by atoms with Crippen LogP contribution in [0.4, 0.5) is 15.8 Å². The monoisotopic (exact) mass is 584 g/mol. The number of rotatable bonds is 8. The fourth-order valence-electron chi connectivity index (χ4n) is 7.33. The van der Waals surface area contributed by atoms with E-state index in [9.17, 15) is 9.59 Å². The first-order valence-corrected chi connectivity index (χ1v) is 16.3. The number of nitrogens with one attached hydrogen (secondary N) is 2. The van der Waals surface area contributed by atoms with Crippen molar-refractivity contribution >= 4 is 23.2 Å². The van der Waals surface area contributed by atoms with Gasteiger partial charge in [-0.1, -0.05) is 37.3 Å².